The van der Waals surface area contributed by atoms with E-state index in [9.17, 15) is 9.59 Å². The van der Waals surface area contributed by atoms with Crippen molar-refractivity contribution < 1.29 is 28.9 Å². The molecular weight excluding hydrogens is 432 g/mol. The molecule has 1 fully saturated rings. The van der Waals surface area contributed by atoms with Gasteiger partial charge in [0.15, 0.2) is 0 Å². The van der Waals surface area contributed by atoms with E-state index in [2.05, 4.69) is 13.2 Å². The third-order valence-corrected chi connectivity index (χ3v) is 5.09. The summed E-state index contributed by atoms with van der Waals surface area (Å²) >= 11 is 0. The van der Waals surface area contributed by atoms with Crippen LogP contribution < -0.4 is 9.47 Å². The number of carbonyl (C=O) groups is 2. The van der Waals surface area contributed by atoms with Crippen molar-refractivity contribution in [3.05, 3.63) is 85.0 Å². The first-order valence-corrected chi connectivity index (χ1v) is 11.6. The fourth-order valence-corrected chi connectivity index (χ4v) is 3.55. The SMILES string of the molecule is C=CCOc1cccc(CC(=O)O)c1.C=CCOc1cccc(CC(=O)OC2CCCCC2)c1. The van der Waals surface area contributed by atoms with Gasteiger partial charge >= 0.3 is 11.9 Å². The summed E-state index contributed by atoms with van der Waals surface area (Å²) in [6.45, 7) is 8.04. The fraction of sp³-hybridized carbons (Fsp3) is 0.357. The molecule has 2 aromatic rings. The number of hydrogen-bond donors (Lipinski definition) is 1. The summed E-state index contributed by atoms with van der Waals surface area (Å²) in [5.74, 6) is 0.445. The van der Waals surface area contributed by atoms with Gasteiger partial charge in [0.25, 0.3) is 0 Å². The number of carboxylic acids is 1. The summed E-state index contributed by atoms with van der Waals surface area (Å²) in [5, 5.41) is 8.58. The molecule has 0 heterocycles. The van der Waals surface area contributed by atoms with Crippen LogP contribution in [0.3, 0.4) is 0 Å². The minimum Gasteiger partial charge on any atom is -0.490 e. The Hall–Kier alpha value is -3.54. The summed E-state index contributed by atoms with van der Waals surface area (Å²) in [5.41, 5.74) is 1.66. The van der Waals surface area contributed by atoms with Gasteiger partial charge in [-0.3, -0.25) is 9.59 Å². The summed E-state index contributed by atoms with van der Waals surface area (Å²) in [7, 11) is 0. The average Bonchev–Trinajstić information content (AvgIpc) is 2.82. The predicted octanol–water partition coefficient (Wildman–Crippen LogP) is 5.55. The first-order valence-electron chi connectivity index (χ1n) is 11.6. The number of esters is 1. The van der Waals surface area contributed by atoms with Crippen LogP contribution in [0.5, 0.6) is 11.5 Å². The number of ether oxygens (including phenoxy) is 3. The maximum absolute atomic E-state index is 11.9. The van der Waals surface area contributed by atoms with E-state index >= 15 is 0 Å². The Morgan fingerprint density at radius 1 is 0.853 bits per heavy atom. The Bertz CT molecular complexity index is 930. The van der Waals surface area contributed by atoms with Crippen LogP contribution in [0.2, 0.25) is 0 Å². The van der Waals surface area contributed by atoms with Crippen LogP contribution in [-0.2, 0) is 27.2 Å². The monoisotopic (exact) mass is 466 g/mol. The molecule has 1 aliphatic carbocycles. The Labute approximate surface area is 201 Å². The second kappa shape index (κ2) is 15.3. The highest BCUT2D eigenvalue weighted by Gasteiger charge is 2.17. The van der Waals surface area contributed by atoms with Crippen LogP contribution >= 0.6 is 0 Å². The average molecular weight is 467 g/mol. The lowest BCUT2D eigenvalue weighted by molar-refractivity contribution is -0.149. The van der Waals surface area contributed by atoms with Gasteiger partial charge in [-0.05, 0) is 61.1 Å². The normalized spacial score (nSPS) is 13.1. The van der Waals surface area contributed by atoms with E-state index in [1.807, 2.05) is 24.3 Å². The molecule has 0 aliphatic heterocycles. The highest BCUT2D eigenvalue weighted by Crippen LogP contribution is 2.21. The molecule has 0 unspecified atom stereocenters. The zero-order valence-electron chi connectivity index (χ0n) is 19.6. The van der Waals surface area contributed by atoms with E-state index in [1.165, 1.54) is 19.3 Å². The molecule has 6 heteroatoms. The highest BCUT2D eigenvalue weighted by molar-refractivity contribution is 5.73. The van der Waals surface area contributed by atoms with Crippen LogP contribution in [-0.4, -0.2) is 36.4 Å². The van der Waals surface area contributed by atoms with Crippen LogP contribution in [0.1, 0.15) is 43.2 Å². The van der Waals surface area contributed by atoms with Gasteiger partial charge in [-0.15, -0.1) is 0 Å². The second-order valence-corrected chi connectivity index (χ2v) is 7.99. The Morgan fingerprint density at radius 2 is 1.38 bits per heavy atom. The van der Waals surface area contributed by atoms with Crippen LogP contribution in [0.25, 0.3) is 0 Å². The molecule has 1 N–H and O–H groups in total. The number of carboxylic acid groups (broad SMARTS) is 1. The van der Waals surface area contributed by atoms with Crippen molar-refractivity contribution >= 4 is 11.9 Å². The third-order valence-electron chi connectivity index (χ3n) is 5.09. The lowest BCUT2D eigenvalue weighted by Crippen LogP contribution is -2.21. The zero-order chi connectivity index (χ0) is 24.6. The Balaban J connectivity index is 0.000000257. The zero-order valence-corrected chi connectivity index (χ0v) is 19.6. The molecule has 1 aliphatic rings. The first kappa shape index (κ1) is 26.7. The van der Waals surface area contributed by atoms with E-state index in [0.717, 1.165) is 29.7 Å². The van der Waals surface area contributed by atoms with E-state index in [0.29, 0.717) is 25.4 Å². The molecule has 0 spiro atoms. The van der Waals surface area contributed by atoms with Gasteiger partial charge in [0.05, 0.1) is 12.8 Å². The molecule has 0 atom stereocenters. The minimum atomic E-state index is -0.842. The molecule has 0 radical (unpaired) electrons. The fourth-order valence-electron chi connectivity index (χ4n) is 3.55. The number of rotatable bonds is 11. The van der Waals surface area contributed by atoms with Crippen molar-refractivity contribution in [2.24, 2.45) is 0 Å². The predicted molar refractivity (Wildman–Crippen MR) is 132 cm³/mol. The van der Waals surface area contributed by atoms with E-state index < -0.39 is 5.97 Å². The van der Waals surface area contributed by atoms with Crippen LogP contribution in [0, 0.1) is 0 Å². The summed E-state index contributed by atoms with van der Waals surface area (Å²) in [6, 6.07) is 14.6. The van der Waals surface area contributed by atoms with Crippen LogP contribution in [0.15, 0.2) is 73.8 Å². The lowest BCUT2D eigenvalue weighted by atomic mass is 9.98. The third kappa shape index (κ3) is 10.9. The molecular formula is C28H34O6. The molecule has 3 rings (SSSR count). The second-order valence-electron chi connectivity index (χ2n) is 7.99. The highest BCUT2D eigenvalue weighted by atomic mass is 16.5. The van der Waals surface area contributed by atoms with Gasteiger partial charge in [-0.25, -0.2) is 0 Å². The number of benzene rings is 2. The molecule has 0 bridgehead atoms. The molecule has 182 valence electrons. The smallest absolute Gasteiger partial charge is 0.310 e. The minimum absolute atomic E-state index is 0.0191. The molecule has 0 saturated heterocycles. The van der Waals surface area contributed by atoms with Crippen molar-refractivity contribution in [2.75, 3.05) is 13.2 Å². The van der Waals surface area contributed by atoms with Gasteiger partial charge in [0, 0.05) is 0 Å². The lowest BCUT2D eigenvalue weighted by Gasteiger charge is -2.21. The van der Waals surface area contributed by atoms with Crippen LogP contribution in [0.4, 0.5) is 0 Å². The standard InChI is InChI=1S/C17H22O3.C11H12O3/c1-2-11-19-16-10-6-7-14(12-16)13-17(18)20-15-8-4-3-5-9-15;1-2-6-14-10-5-3-4-9(7-10)8-11(12)13/h2,6-7,10,12,15H,1,3-5,8-9,11,13H2;2-5,7H,1,6,8H2,(H,12,13). The van der Waals surface area contributed by atoms with E-state index in [-0.39, 0.29) is 18.5 Å². The van der Waals surface area contributed by atoms with Gasteiger partial charge in [-0.1, -0.05) is 56.0 Å². The summed E-state index contributed by atoms with van der Waals surface area (Å²) < 4.78 is 16.2. The number of carbonyl (C=O) groups excluding carboxylic acids is 1. The Kier molecular flexibility index (Phi) is 12.0. The molecule has 6 nitrogen and oxygen atoms in total. The molecule has 0 aromatic heterocycles. The van der Waals surface area contributed by atoms with Crippen molar-refractivity contribution in [1.29, 1.82) is 0 Å². The van der Waals surface area contributed by atoms with Gasteiger partial charge in [0.2, 0.25) is 0 Å². The van der Waals surface area contributed by atoms with Crippen molar-refractivity contribution in [3.63, 3.8) is 0 Å². The van der Waals surface area contributed by atoms with E-state index in [4.69, 9.17) is 19.3 Å². The molecule has 1 saturated carbocycles. The summed E-state index contributed by atoms with van der Waals surface area (Å²) in [6.07, 6.45) is 9.41. The first-order chi connectivity index (χ1) is 16.5. The summed E-state index contributed by atoms with van der Waals surface area (Å²) in [4.78, 5) is 22.4. The van der Waals surface area contributed by atoms with Gasteiger partial charge in [0.1, 0.15) is 30.8 Å². The Morgan fingerprint density at radius 3 is 1.88 bits per heavy atom. The molecule has 0 amide bonds. The van der Waals surface area contributed by atoms with Gasteiger partial charge < -0.3 is 19.3 Å². The number of hydrogen-bond acceptors (Lipinski definition) is 5. The maximum atomic E-state index is 11.9. The quantitative estimate of drug-likeness (QED) is 0.345. The largest absolute Gasteiger partial charge is 0.490 e. The van der Waals surface area contributed by atoms with Gasteiger partial charge in [-0.2, -0.15) is 0 Å². The van der Waals surface area contributed by atoms with Crippen molar-refractivity contribution in [1.82, 2.24) is 0 Å². The number of aliphatic carboxylic acids is 1. The molecule has 34 heavy (non-hydrogen) atoms. The van der Waals surface area contributed by atoms with Crippen molar-refractivity contribution in [2.45, 2.75) is 51.0 Å². The van der Waals surface area contributed by atoms with Crippen molar-refractivity contribution in [3.8, 4) is 11.5 Å². The molecule has 2 aromatic carbocycles. The maximum Gasteiger partial charge on any atom is 0.310 e. The topological polar surface area (TPSA) is 82.1 Å². The van der Waals surface area contributed by atoms with E-state index in [1.54, 1.807) is 36.4 Å².